The maximum atomic E-state index is 12.1. The van der Waals surface area contributed by atoms with Gasteiger partial charge in [-0.05, 0) is 30.7 Å². The van der Waals surface area contributed by atoms with Gasteiger partial charge in [-0.1, -0.05) is 34.6 Å². The van der Waals surface area contributed by atoms with Gasteiger partial charge in [-0.25, -0.2) is 0 Å². The third-order valence-corrected chi connectivity index (χ3v) is 3.60. The zero-order valence-corrected chi connectivity index (χ0v) is 14.4. The lowest BCUT2D eigenvalue weighted by Gasteiger charge is -2.33. The zero-order valence-electron chi connectivity index (χ0n) is 14.4. The van der Waals surface area contributed by atoms with Crippen LogP contribution in [0.3, 0.4) is 0 Å². The molecule has 2 amide bonds. The van der Waals surface area contributed by atoms with Crippen molar-refractivity contribution >= 4 is 11.8 Å². The quantitative estimate of drug-likeness (QED) is 0.849. The van der Waals surface area contributed by atoms with Crippen molar-refractivity contribution in [3.05, 3.63) is 23.7 Å². The van der Waals surface area contributed by atoms with Crippen molar-refractivity contribution in [3.63, 3.8) is 0 Å². The monoisotopic (exact) mass is 308 g/mol. The van der Waals surface area contributed by atoms with Crippen LogP contribution in [-0.2, 0) is 4.79 Å². The van der Waals surface area contributed by atoms with Gasteiger partial charge in [0.25, 0.3) is 5.91 Å². The van der Waals surface area contributed by atoms with Gasteiger partial charge in [0.1, 0.15) is 5.76 Å². The average molecular weight is 308 g/mol. The molecule has 0 radical (unpaired) electrons. The molecule has 0 aromatic carbocycles. The van der Waals surface area contributed by atoms with E-state index in [-0.39, 0.29) is 29.8 Å². The summed E-state index contributed by atoms with van der Waals surface area (Å²) in [5.41, 5.74) is 0.438. The average Bonchev–Trinajstić information content (AvgIpc) is 2.80. The molecular formula is C17H28N2O3. The summed E-state index contributed by atoms with van der Waals surface area (Å²) in [7, 11) is 0. The number of hydrogen-bond acceptors (Lipinski definition) is 3. The smallest absolute Gasteiger partial charge is 0.255 e. The molecule has 1 heterocycles. The molecule has 0 aliphatic heterocycles. The van der Waals surface area contributed by atoms with Crippen LogP contribution >= 0.6 is 0 Å². The Bertz CT molecular complexity index is 512. The Labute approximate surface area is 132 Å². The van der Waals surface area contributed by atoms with E-state index in [9.17, 15) is 9.59 Å². The molecule has 22 heavy (non-hydrogen) atoms. The van der Waals surface area contributed by atoms with Crippen molar-refractivity contribution in [2.24, 2.45) is 11.3 Å². The van der Waals surface area contributed by atoms with Crippen LogP contribution in [0.5, 0.6) is 0 Å². The van der Waals surface area contributed by atoms with Gasteiger partial charge in [0.2, 0.25) is 5.91 Å². The second kappa shape index (κ2) is 7.47. The Morgan fingerprint density at radius 1 is 1.27 bits per heavy atom. The number of carbonyl (C=O) groups is 2. The molecule has 5 nitrogen and oxygen atoms in total. The number of hydrogen-bond donors (Lipinski definition) is 2. The molecule has 1 atom stereocenters. The summed E-state index contributed by atoms with van der Waals surface area (Å²) in [6.07, 6.45) is 2.37. The minimum absolute atomic E-state index is 0.0227. The fourth-order valence-electron chi connectivity index (χ4n) is 2.22. The number of aryl methyl sites for hydroxylation is 1. The number of rotatable bonds is 6. The number of furan rings is 1. The molecule has 0 saturated carbocycles. The first kappa shape index (κ1) is 18.3. The summed E-state index contributed by atoms with van der Waals surface area (Å²) in [6, 6.07) is 1.67. The fraction of sp³-hybridized carbons (Fsp3) is 0.647. The van der Waals surface area contributed by atoms with Crippen molar-refractivity contribution < 1.29 is 14.0 Å². The Hall–Kier alpha value is -1.78. The SMILES string of the molecule is Cc1occc1C(=O)NCC(=O)N[C@H](CC(C)C)C(C)(C)C. The van der Waals surface area contributed by atoms with E-state index in [1.807, 2.05) is 0 Å². The van der Waals surface area contributed by atoms with Crippen LogP contribution in [0, 0.1) is 18.3 Å². The van der Waals surface area contributed by atoms with Gasteiger partial charge in [0, 0.05) is 6.04 Å². The van der Waals surface area contributed by atoms with E-state index in [4.69, 9.17) is 4.42 Å². The van der Waals surface area contributed by atoms with Crippen molar-refractivity contribution in [2.75, 3.05) is 6.54 Å². The standard InChI is InChI=1S/C17H28N2O3/c1-11(2)9-14(17(4,5)6)19-15(20)10-18-16(21)13-7-8-22-12(13)3/h7-8,11,14H,9-10H2,1-6H3,(H,18,21)(H,19,20)/t14-/m1/s1. The summed E-state index contributed by atoms with van der Waals surface area (Å²) in [6.45, 7) is 12.3. The van der Waals surface area contributed by atoms with Crippen LogP contribution in [0.15, 0.2) is 16.7 Å². The van der Waals surface area contributed by atoms with E-state index >= 15 is 0 Å². The second-order valence-electron chi connectivity index (χ2n) is 7.19. The molecule has 0 fully saturated rings. The summed E-state index contributed by atoms with van der Waals surface area (Å²) in [4.78, 5) is 24.0. The highest BCUT2D eigenvalue weighted by atomic mass is 16.3. The van der Waals surface area contributed by atoms with Crippen LogP contribution in [-0.4, -0.2) is 24.4 Å². The highest BCUT2D eigenvalue weighted by Gasteiger charge is 2.27. The molecule has 0 aliphatic carbocycles. The van der Waals surface area contributed by atoms with Crippen molar-refractivity contribution in [3.8, 4) is 0 Å². The summed E-state index contributed by atoms with van der Waals surface area (Å²) < 4.78 is 5.08. The third-order valence-electron chi connectivity index (χ3n) is 3.60. The van der Waals surface area contributed by atoms with Gasteiger partial charge in [-0.3, -0.25) is 9.59 Å². The molecular weight excluding hydrogens is 280 g/mol. The predicted molar refractivity (Wildman–Crippen MR) is 86.6 cm³/mol. The molecule has 1 aromatic heterocycles. The van der Waals surface area contributed by atoms with Crippen molar-refractivity contribution in [2.45, 2.75) is 54.0 Å². The molecule has 0 bridgehead atoms. The van der Waals surface area contributed by atoms with Crippen LogP contribution in [0.2, 0.25) is 0 Å². The maximum Gasteiger partial charge on any atom is 0.255 e. The Morgan fingerprint density at radius 3 is 2.36 bits per heavy atom. The molecule has 5 heteroatoms. The first-order valence-electron chi connectivity index (χ1n) is 7.73. The highest BCUT2D eigenvalue weighted by molar-refractivity contribution is 5.97. The van der Waals surface area contributed by atoms with Gasteiger partial charge in [0.15, 0.2) is 0 Å². The number of carbonyl (C=O) groups excluding carboxylic acids is 2. The minimum Gasteiger partial charge on any atom is -0.469 e. The second-order valence-corrected chi connectivity index (χ2v) is 7.19. The predicted octanol–water partition coefficient (Wildman–Crippen LogP) is 2.89. The minimum atomic E-state index is -0.294. The molecule has 0 spiro atoms. The Balaban J connectivity index is 2.54. The molecule has 0 saturated heterocycles. The van der Waals surface area contributed by atoms with Crippen molar-refractivity contribution in [1.82, 2.24) is 10.6 Å². The lowest BCUT2D eigenvalue weighted by atomic mass is 9.82. The molecule has 1 aromatic rings. The first-order chi connectivity index (χ1) is 10.1. The van der Waals surface area contributed by atoms with Gasteiger partial charge < -0.3 is 15.1 Å². The Kier molecular flexibility index (Phi) is 6.21. The summed E-state index contributed by atoms with van der Waals surface area (Å²) in [5, 5.41) is 5.65. The largest absolute Gasteiger partial charge is 0.469 e. The Morgan fingerprint density at radius 2 is 1.91 bits per heavy atom. The third kappa shape index (κ3) is 5.54. The lowest BCUT2D eigenvalue weighted by Crippen LogP contribution is -2.48. The molecule has 124 valence electrons. The van der Waals surface area contributed by atoms with Crippen LogP contribution < -0.4 is 10.6 Å². The lowest BCUT2D eigenvalue weighted by molar-refractivity contribution is -0.121. The van der Waals surface area contributed by atoms with E-state index in [1.165, 1.54) is 6.26 Å². The van der Waals surface area contributed by atoms with E-state index < -0.39 is 0 Å². The summed E-state index contributed by atoms with van der Waals surface area (Å²) in [5.74, 6) is 0.575. The molecule has 2 N–H and O–H groups in total. The molecule has 1 rings (SSSR count). The normalized spacial score (nSPS) is 13.0. The topological polar surface area (TPSA) is 71.3 Å². The highest BCUT2D eigenvalue weighted by Crippen LogP contribution is 2.24. The van der Waals surface area contributed by atoms with E-state index in [2.05, 4.69) is 45.3 Å². The van der Waals surface area contributed by atoms with Gasteiger partial charge in [0.05, 0.1) is 18.4 Å². The van der Waals surface area contributed by atoms with Gasteiger partial charge in [-0.15, -0.1) is 0 Å². The van der Waals surface area contributed by atoms with E-state index in [0.29, 0.717) is 17.2 Å². The van der Waals surface area contributed by atoms with Crippen LogP contribution in [0.4, 0.5) is 0 Å². The molecule has 0 aliphatic rings. The summed E-state index contributed by atoms with van der Waals surface area (Å²) >= 11 is 0. The fourth-order valence-corrected chi connectivity index (χ4v) is 2.22. The van der Waals surface area contributed by atoms with Gasteiger partial charge >= 0.3 is 0 Å². The zero-order chi connectivity index (χ0) is 16.9. The number of amides is 2. The maximum absolute atomic E-state index is 12.1. The number of nitrogens with one attached hydrogen (secondary N) is 2. The van der Waals surface area contributed by atoms with Crippen LogP contribution in [0.25, 0.3) is 0 Å². The van der Waals surface area contributed by atoms with Gasteiger partial charge in [-0.2, -0.15) is 0 Å². The van der Waals surface area contributed by atoms with E-state index in [0.717, 1.165) is 6.42 Å². The van der Waals surface area contributed by atoms with Crippen LogP contribution in [0.1, 0.15) is 57.2 Å². The first-order valence-corrected chi connectivity index (χ1v) is 7.73. The van der Waals surface area contributed by atoms with Crippen molar-refractivity contribution in [1.29, 1.82) is 0 Å². The van der Waals surface area contributed by atoms with E-state index in [1.54, 1.807) is 13.0 Å². The molecule has 0 unspecified atom stereocenters.